The van der Waals surface area contributed by atoms with Gasteiger partial charge in [-0.25, -0.2) is 13.2 Å². The van der Waals surface area contributed by atoms with Gasteiger partial charge < -0.3 is 14.5 Å². The third-order valence-electron chi connectivity index (χ3n) is 4.52. The van der Waals surface area contributed by atoms with Gasteiger partial charge in [-0.15, -0.1) is 0 Å². The molecule has 0 saturated carbocycles. The Morgan fingerprint density at radius 3 is 2.29 bits per heavy atom. The number of nitro groups is 1. The summed E-state index contributed by atoms with van der Waals surface area (Å²) in [6.45, 7) is 0.888. The topological polar surface area (TPSA) is 75.9 Å². The number of benzene rings is 2. The zero-order valence-corrected chi connectivity index (χ0v) is 14.8. The summed E-state index contributed by atoms with van der Waals surface area (Å²) < 4.78 is 45.1. The Morgan fingerprint density at radius 1 is 1.04 bits per heavy atom. The van der Waals surface area contributed by atoms with Gasteiger partial charge in [0, 0.05) is 37.8 Å². The molecule has 7 nitrogen and oxygen atoms in total. The quantitative estimate of drug-likeness (QED) is 0.588. The first-order valence-corrected chi connectivity index (χ1v) is 8.33. The Balaban J connectivity index is 1.77. The summed E-state index contributed by atoms with van der Waals surface area (Å²) in [5.74, 6) is -3.59. The van der Waals surface area contributed by atoms with Crippen LogP contribution in [0.15, 0.2) is 30.3 Å². The summed E-state index contributed by atoms with van der Waals surface area (Å²) in [5.41, 5.74) is -0.205. The molecule has 28 heavy (non-hydrogen) atoms. The average Bonchev–Trinajstić information content (AvgIpc) is 2.69. The van der Waals surface area contributed by atoms with E-state index in [2.05, 4.69) is 0 Å². The minimum absolute atomic E-state index is 0.0155. The highest BCUT2D eigenvalue weighted by molar-refractivity contribution is 5.94. The van der Waals surface area contributed by atoms with Gasteiger partial charge in [-0.05, 0) is 18.2 Å². The molecule has 0 spiro atoms. The van der Waals surface area contributed by atoms with Crippen molar-refractivity contribution in [1.82, 2.24) is 4.90 Å². The van der Waals surface area contributed by atoms with Gasteiger partial charge in [-0.2, -0.15) is 0 Å². The maximum atomic E-state index is 13.8. The van der Waals surface area contributed by atoms with Crippen LogP contribution in [0.25, 0.3) is 0 Å². The van der Waals surface area contributed by atoms with Crippen LogP contribution in [0.3, 0.4) is 0 Å². The van der Waals surface area contributed by atoms with E-state index in [9.17, 15) is 28.1 Å². The van der Waals surface area contributed by atoms with Crippen LogP contribution in [0.4, 0.5) is 24.5 Å². The lowest BCUT2D eigenvalue weighted by atomic mass is 10.1. The van der Waals surface area contributed by atoms with Crippen molar-refractivity contribution in [3.8, 4) is 5.75 Å². The number of piperazine rings is 1. The summed E-state index contributed by atoms with van der Waals surface area (Å²) >= 11 is 0. The number of hydrogen-bond acceptors (Lipinski definition) is 5. The summed E-state index contributed by atoms with van der Waals surface area (Å²) in [7, 11) is 1.26. The Bertz CT molecular complexity index is 931. The Labute approximate surface area is 158 Å². The molecule has 1 heterocycles. The smallest absolute Gasteiger partial charge is 0.295 e. The van der Waals surface area contributed by atoms with Gasteiger partial charge in [0.15, 0.2) is 23.2 Å². The standard InChI is InChI=1S/C18H16F3N3O4/c1-28-17-10-15(16(24(26)27)9-14(17)21)22-4-6-23(7-5-22)18(25)11-2-3-12(19)13(20)8-11/h2-3,8-10H,4-7H2,1H3. The molecule has 0 bridgehead atoms. The van der Waals surface area contributed by atoms with Crippen molar-refractivity contribution >= 4 is 17.3 Å². The summed E-state index contributed by atoms with van der Waals surface area (Å²) in [6.07, 6.45) is 0. The molecule has 1 amide bonds. The van der Waals surface area contributed by atoms with Crippen molar-refractivity contribution in [2.24, 2.45) is 0 Å². The van der Waals surface area contributed by atoms with Crippen molar-refractivity contribution in [3.05, 3.63) is 63.5 Å². The van der Waals surface area contributed by atoms with Crippen LogP contribution in [-0.2, 0) is 0 Å². The fourth-order valence-corrected chi connectivity index (χ4v) is 3.05. The summed E-state index contributed by atoms with van der Waals surface area (Å²) in [4.78, 5) is 26.1. The molecule has 1 saturated heterocycles. The van der Waals surface area contributed by atoms with E-state index in [0.717, 1.165) is 18.2 Å². The van der Waals surface area contributed by atoms with E-state index in [0.29, 0.717) is 0 Å². The molecule has 148 valence electrons. The number of nitrogens with zero attached hydrogens (tertiary/aromatic N) is 3. The molecule has 2 aromatic rings. The second-order valence-corrected chi connectivity index (χ2v) is 6.14. The molecule has 1 fully saturated rings. The van der Waals surface area contributed by atoms with E-state index in [1.165, 1.54) is 24.1 Å². The zero-order chi connectivity index (χ0) is 20.4. The zero-order valence-electron chi connectivity index (χ0n) is 14.8. The molecule has 1 aliphatic heterocycles. The number of ether oxygens (including phenoxy) is 1. The van der Waals surface area contributed by atoms with Gasteiger partial charge in [0.25, 0.3) is 11.6 Å². The van der Waals surface area contributed by atoms with Gasteiger partial charge in [-0.1, -0.05) is 0 Å². The number of amides is 1. The van der Waals surface area contributed by atoms with Crippen LogP contribution < -0.4 is 9.64 Å². The van der Waals surface area contributed by atoms with Crippen molar-refractivity contribution in [1.29, 1.82) is 0 Å². The minimum Gasteiger partial charge on any atom is -0.494 e. The highest BCUT2D eigenvalue weighted by Crippen LogP contribution is 2.35. The third kappa shape index (κ3) is 3.71. The van der Waals surface area contributed by atoms with Crippen LogP contribution in [0, 0.1) is 27.6 Å². The second-order valence-electron chi connectivity index (χ2n) is 6.14. The van der Waals surface area contributed by atoms with E-state index < -0.39 is 34.0 Å². The normalized spacial score (nSPS) is 14.1. The number of anilines is 1. The van der Waals surface area contributed by atoms with Crippen molar-refractivity contribution in [2.75, 3.05) is 38.2 Å². The molecule has 0 atom stereocenters. The van der Waals surface area contributed by atoms with Crippen LogP contribution >= 0.6 is 0 Å². The van der Waals surface area contributed by atoms with Gasteiger partial charge in [0.05, 0.1) is 18.1 Å². The highest BCUT2D eigenvalue weighted by Gasteiger charge is 2.28. The van der Waals surface area contributed by atoms with Crippen molar-refractivity contribution in [3.63, 3.8) is 0 Å². The van der Waals surface area contributed by atoms with Crippen LogP contribution in [0.2, 0.25) is 0 Å². The lowest BCUT2D eigenvalue weighted by Crippen LogP contribution is -2.49. The van der Waals surface area contributed by atoms with Crippen molar-refractivity contribution < 1.29 is 27.6 Å². The number of carbonyl (C=O) groups is 1. The van der Waals surface area contributed by atoms with Gasteiger partial charge in [0.1, 0.15) is 5.69 Å². The molecule has 2 aromatic carbocycles. The minimum atomic E-state index is -1.11. The first kappa shape index (κ1) is 19.5. The fourth-order valence-electron chi connectivity index (χ4n) is 3.05. The molecule has 1 aliphatic rings. The molecule has 0 aromatic heterocycles. The highest BCUT2D eigenvalue weighted by atomic mass is 19.2. The van der Waals surface area contributed by atoms with E-state index in [1.807, 2.05) is 0 Å². The molecular formula is C18H16F3N3O4. The molecule has 3 rings (SSSR count). The molecule has 0 unspecified atom stereocenters. The Hall–Kier alpha value is -3.30. The fraction of sp³-hybridized carbons (Fsp3) is 0.278. The monoisotopic (exact) mass is 395 g/mol. The number of halogens is 3. The largest absolute Gasteiger partial charge is 0.494 e. The predicted molar refractivity (Wildman–Crippen MR) is 94.1 cm³/mol. The maximum Gasteiger partial charge on any atom is 0.295 e. The van der Waals surface area contributed by atoms with Gasteiger partial charge in [0.2, 0.25) is 0 Å². The number of hydrogen-bond donors (Lipinski definition) is 0. The van der Waals surface area contributed by atoms with Crippen LogP contribution in [0.5, 0.6) is 5.75 Å². The first-order chi connectivity index (χ1) is 13.3. The van der Waals surface area contributed by atoms with Crippen LogP contribution in [-0.4, -0.2) is 49.0 Å². The lowest BCUT2D eigenvalue weighted by molar-refractivity contribution is -0.384. The molecule has 0 radical (unpaired) electrons. The molecule has 10 heteroatoms. The number of methoxy groups -OCH3 is 1. The second kappa shape index (κ2) is 7.75. The maximum absolute atomic E-state index is 13.8. The summed E-state index contributed by atoms with van der Waals surface area (Å²) in [6, 6.07) is 4.96. The molecule has 0 aliphatic carbocycles. The summed E-state index contributed by atoms with van der Waals surface area (Å²) in [5, 5.41) is 11.3. The van der Waals surface area contributed by atoms with E-state index >= 15 is 0 Å². The lowest BCUT2D eigenvalue weighted by Gasteiger charge is -2.36. The SMILES string of the molecule is COc1cc(N2CCN(C(=O)c3ccc(F)c(F)c3)CC2)c([N+](=O)[O-])cc1F. The average molecular weight is 395 g/mol. The predicted octanol–water partition coefficient (Wildman–Crippen LogP) is 2.98. The van der Waals surface area contributed by atoms with E-state index in [1.54, 1.807) is 4.90 Å². The Kier molecular flexibility index (Phi) is 5.39. The first-order valence-electron chi connectivity index (χ1n) is 8.33. The van der Waals surface area contributed by atoms with Crippen LogP contribution in [0.1, 0.15) is 10.4 Å². The third-order valence-corrected chi connectivity index (χ3v) is 4.52. The van der Waals surface area contributed by atoms with Gasteiger partial charge in [-0.3, -0.25) is 14.9 Å². The van der Waals surface area contributed by atoms with Crippen molar-refractivity contribution in [2.45, 2.75) is 0 Å². The Morgan fingerprint density at radius 2 is 1.71 bits per heavy atom. The van der Waals surface area contributed by atoms with E-state index in [4.69, 9.17) is 4.74 Å². The van der Waals surface area contributed by atoms with E-state index in [-0.39, 0.29) is 43.2 Å². The van der Waals surface area contributed by atoms with Gasteiger partial charge >= 0.3 is 0 Å². The number of rotatable bonds is 4. The molecule has 0 N–H and O–H groups in total. The number of nitro benzene ring substituents is 1. The molecular weight excluding hydrogens is 379 g/mol. The number of carbonyl (C=O) groups excluding carboxylic acids is 1.